The Kier molecular flexibility index (Phi) is 6.35. The molecular weight excluding hydrogens is 410 g/mol. The number of hydrogen-bond acceptors (Lipinski definition) is 1. The van der Waals surface area contributed by atoms with Gasteiger partial charge in [-0.3, -0.25) is 4.79 Å². The SMILES string of the molecule is CC(C)(C)c1ccccc1N(Cc1ccccc1)C(=O)Cc1ccc(Br)cc1. The highest BCUT2D eigenvalue weighted by molar-refractivity contribution is 9.10. The van der Waals surface area contributed by atoms with E-state index in [1.165, 1.54) is 5.56 Å². The fraction of sp³-hybridized carbons (Fsp3) is 0.240. The second-order valence-electron chi connectivity index (χ2n) is 8.04. The summed E-state index contributed by atoms with van der Waals surface area (Å²) in [4.78, 5) is 15.3. The van der Waals surface area contributed by atoms with Crippen molar-refractivity contribution in [2.24, 2.45) is 0 Å². The molecule has 0 fully saturated rings. The molecule has 0 bridgehead atoms. The van der Waals surface area contributed by atoms with E-state index in [-0.39, 0.29) is 11.3 Å². The van der Waals surface area contributed by atoms with E-state index in [2.05, 4.69) is 61.0 Å². The number of nitrogens with zero attached hydrogens (tertiary/aromatic N) is 1. The van der Waals surface area contributed by atoms with Gasteiger partial charge in [-0.25, -0.2) is 0 Å². The lowest BCUT2D eigenvalue weighted by atomic mass is 9.85. The van der Waals surface area contributed by atoms with E-state index in [1.54, 1.807) is 0 Å². The maximum absolute atomic E-state index is 13.4. The maximum Gasteiger partial charge on any atom is 0.231 e. The van der Waals surface area contributed by atoms with Gasteiger partial charge in [-0.1, -0.05) is 97.4 Å². The molecule has 0 saturated heterocycles. The number of halogens is 1. The van der Waals surface area contributed by atoms with Crippen LogP contribution in [0.3, 0.4) is 0 Å². The summed E-state index contributed by atoms with van der Waals surface area (Å²) in [6, 6.07) is 26.4. The van der Waals surface area contributed by atoms with Gasteiger partial charge < -0.3 is 4.90 Å². The van der Waals surface area contributed by atoms with Gasteiger partial charge in [0.05, 0.1) is 13.0 Å². The van der Waals surface area contributed by atoms with E-state index in [0.29, 0.717) is 13.0 Å². The Labute approximate surface area is 176 Å². The molecule has 3 heteroatoms. The Bertz CT molecular complexity index is 927. The Morgan fingerprint density at radius 2 is 1.43 bits per heavy atom. The molecule has 3 aromatic rings. The first-order chi connectivity index (χ1) is 13.3. The van der Waals surface area contributed by atoms with Crippen molar-refractivity contribution in [3.8, 4) is 0 Å². The molecule has 0 atom stereocenters. The zero-order chi connectivity index (χ0) is 20.1. The van der Waals surface area contributed by atoms with Gasteiger partial charge in [0.15, 0.2) is 0 Å². The molecule has 0 spiro atoms. The summed E-state index contributed by atoms with van der Waals surface area (Å²) in [5, 5.41) is 0. The van der Waals surface area contributed by atoms with Crippen molar-refractivity contribution in [3.63, 3.8) is 0 Å². The van der Waals surface area contributed by atoms with Crippen molar-refractivity contribution in [1.29, 1.82) is 0 Å². The fourth-order valence-electron chi connectivity index (χ4n) is 3.29. The summed E-state index contributed by atoms with van der Waals surface area (Å²) in [5.74, 6) is 0.0999. The Morgan fingerprint density at radius 3 is 2.07 bits per heavy atom. The number of amides is 1. The van der Waals surface area contributed by atoms with Crippen LogP contribution in [0.15, 0.2) is 83.3 Å². The molecule has 0 unspecified atom stereocenters. The average Bonchev–Trinajstić information content (AvgIpc) is 2.68. The van der Waals surface area contributed by atoms with Gasteiger partial charge in [-0.05, 0) is 40.3 Å². The van der Waals surface area contributed by atoms with Crippen molar-refractivity contribution >= 4 is 27.5 Å². The van der Waals surface area contributed by atoms with E-state index < -0.39 is 0 Å². The van der Waals surface area contributed by atoms with Crippen LogP contribution in [0.4, 0.5) is 5.69 Å². The molecule has 0 aliphatic heterocycles. The molecule has 144 valence electrons. The number of hydrogen-bond donors (Lipinski definition) is 0. The lowest BCUT2D eigenvalue weighted by Crippen LogP contribution is -2.34. The molecule has 2 nitrogen and oxygen atoms in total. The lowest BCUT2D eigenvalue weighted by molar-refractivity contribution is -0.118. The fourth-order valence-corrected chi connectivity index (χ4v) is 3.55. The van der Waals surface area contributed by atoms with Gasteiger partial charge in [0.2, 0.25) is 5.91 Å². The van der Waals surface area contributed by atoms with Crippen LogP contribution in [-0.4, -0.2) is 5.91 Å². The van der Waals surface area contributed by atoms with Gasteiger partial charge in [0.25, 0.3) is 0 Å². The molecule has 0 radical (unpaired) electrons. The minimum Gasteiger partial charge on any atom is -0.307 e. The third-order valence-corrected chi connectivity index (χ3v) is 5.28. The van der Waals surface area contributed by atoms with Gasteiger partial charge in [-0.15, -0.1) is 0 Å². The summed E-state index contributed by atoms with van der Waals surface area (Å²) < 4.78 is 1.02. The summed E-state index contributed by atoms with van der Waals surface area (Å²) in [6.45, 7) is 7.12. The van der Waals surface area contributed by atoms with Crippen molar-refractivity contribution in [1.82, 2.24) is 0 Å². The Balaban J connectivity index is 1.98. The molecule has 0 N–H and O–H groups in total. The van der Waals surface area contributed by atoms with Crippen molar-refractivity contribution in [2.45, 2.75) is 39.2 Å². The first-order valence-corrected chi connectivity index (χ1v) is 10.3. The molecule has 3 aromatic carbocycles. The second kappa shape index (κ2) is 8.74. The lowest BCUT2D eigenvalue weighted by Gasteiger charge is -2.30. The summed E-state index contributed by atoms with van der Waals surface area (Å²) in [5.41, 5.74) is 4.24. The average molecular weight is 436 g/mol. The number of rotatable bonds is 5. The molecular formula is C25H26BrNO. The zero-order valence-corrected chi connectivity index (χ0v) is 18.2. The zero-order valence-electron chi connectivity index (χ0n) is 16.7. The van der Waals surface area contributed by atoms with Gasteiger partial charge in [0, 0.05) is 10.2 Å². The number of anilines is 1. The largest absolute Gasteiger partial charge is 0.307 e. The van der Waals surface area contributed by atoms with Crippen LogP contribution >= 0.6 is 15.9 Å². The quantitative estimate of drug-likeness (QED) is 0.446. The molecule has 28 heavy (non-hydrogen) atoms. The topological polar surface area (TPSA) is 20.3 Å². The normalized spacial score (nSPS) is 11.3. The second-order valence-corrected chi connectivity index (χ2v) is 8.95. The van der Waals surface area contributed by atoms with E-state index in [1.807, 2.05) is 59.5 Å². The first kappa shape index (κ1) is 20.3. The molecule has 0 saturated carbocycles. The summed E-state index contributed by atoms with van der Waals surface area (Å²) in [6.07, 6.45) is 0.374. The number of carbonyl (C=O) groups is 1. The monoisotopic (exact) mass is 435 g/mol. The summed E-state index contributed by atoms with van der Waals surface area (Å²) >= 11 is 3.46. The van der Waals surface area contributed by atoms with Crippen molar-refractivity contribution in [2.75, 3.05) is 4.90 Å². The van der Waals surface area contributed by atoms with Crippen LogP contribution in [0.5, 0.6) is 0 Å². The predicted molar refractivity (Wildman–Crippen MR) is 121 cm³/mol. The summed E-state index contributed by atoms with van der Waals surface area (Å²) in [7, 11) is 0. The third kappa shape index (κ3) is 5.11. The van der Waals surface area contributed by atoms with Gasteiger partial charge in [-0.2, -0.15) is 0 Å². The first-order valence-electron chi connectivity index (χ1n) is 9.53. The van der Waals surface area contributed by atoms with Crippen LogP contribution in [0.1, 0.15) is 37.5 Å². The van der Waals surface area contributed by atoms with E-state index in [9.17, 15) is 4.79 Å². The highest BCUT2D eigenvalue weighted by atomic mass is 79.9. The number of benzene rings is 3. The van der Waals surface area contributed by atoms with Crippen LogP contribution in [0.2, 0.25) is 0 Å². The Hall–Kier alpha value is -2.39. The van der Waals surface area contributed by atoms with E-state index in [0.717, 1.165) is 21.3 Å². The maximum atomic E-state index is 13.4. The standard InChI is InChI=1S/C25H26BrNO/c1-25(2,3)22-11-7-8-12-23(22)27(18-20-9-5-4-6-10-20)24(28)17-19-13-15-21(26)16-14-19/h4-16H,17-18H2,1-3H3. The number of carbonyl (C=O) groups excluding carboxylic acids is 1. The van der Waals surface area contributed by atoms with Gasteiger partial charge in [0.1, 0.15) is 0 Å². The molecule has 1 amide bonds. The number of para-hydroxylation sites is 1. The molecule has 0 aliphatic carbocycles. The third-order valence-electron chi connectivity index (χ3n) is 4.76. The van der Waals surface area contributed by atoms with Crippen LogP contribution < -0.4 is 4.90 Å². The minimum atomic E-state index is -0.0522. The van der Waals surface area contributed by atoms with Crippen LogP contribution in [-0.2, 0) is 23.2 Å². The highest BCUT2D eigenvalue weighted by Gasteiger charge is 2.24. The van der Waals surface area contributed by atoms with E-state index in [4.69, 9.17) is 0 Å². The Morgan fingerprint density at radius 1 is 0.821 bits per heavy atom. The predicted octanol–water partition coefficient (Wildman–Crippen LogP) is 6.52. The van der Waals surface area contributed by atoms with Crippen LogP contribution in [0, 0.1) is 0 Å². The van der Waals surface area contributed by atoms with Crippen molar-refractivity contribution < 1.29 is 4.79 Å². The molecule has 0 heterocycles. The smallest absolute Gasteiger partial charge is 0.231 e. The highest BCUT2D eigenvalue weighted by Crippen LogP contribution is 2.33. The van der Waals surface area contributed by atoms with Crippen LogP contribution in [0.25, 0.3) is 0 Å². The van der Waals surface area contributed by atoms with E-state index >= 15 is 0 Å². The van der Waals surface area contributed by atoms with Gasteiger partial charge >= 0.3 is 0 Å². The minimum absolute atomic E-state index is 0.0522. The molecule has 0 aromatic heterocycles. The molecule has 3 rings (SSSR count). The molecule has 0 aliphatic rings. The van der Waals surface area contributed by atoms with Crippen molar-refractivity contribution in [3.05, 3.63) is 100 Å².